The van der Waals surface area contributed by atoms with E-state index in [0.29, 0.717) is 5.02 Å². The average Bonchev–Trinajstić information content (AvgIpc) is 2.78. The van der Waals surface area contributed by atoms with Crippen molar-refractivity contribution in [2.45, 2.75) is 33.1 Å². The Labute approximate surface area is 124 Å². The number of benzene rings is 2. The second kappa shape index (κ2) is 4.89. The fourth-order valence-corrected chi connectivity index (χ4v) is 3.71. The Hall–Kier alpha value is -1.34. The Morgan fingerprint density at radius 1 is 1.15 bits per heavy atom. The van der Waals surface area contributed by atoms with Crippen LogP contribution in [0.15, 0.2) is 36.4 Å². The molecule has 1 unspecified atom stereocenters. The predicted molar refractivity (Wildman–Crippen MR) is 84.4 cm³/mol. The minimum Gasteiger partial charge on any atom is -0.294 e. The van der Waals surface area contributed by atoms with Crippen LogP contribution in [0, 0.1) is 11.3 Å². The molecule has 2 aromatic carbocycles. The summed E-state index contributed by atoms with van der Waals surface area (Å²) >= 11 is 6.24. The Balaban J connectivity index is 2.11. The summed E-state index contributed by atoms with van der Waals surface area (Å²) in [6, 6.07) is 11.6. The third-order valence-corrected chi connectivity index (χ3v) is 5.04. The molecule has 0 saturated heterocycles. The van der Waals surface area contributed by atoms with E-state index in [1.807, 2.05) is 36.4 Å². The van der Waals surface area contributed by atoms with Crippen LogP contribution in [0.1, 0.15) is 43.5 Å². The highest BCUT2D eigenvalue weighted by Crippen LogP contribution is 2.45. The standard InChI is InChI=1S/C18H19ClO/c1-18(2)11-5-8-15(18)17(20)14-9-10-16(19)13-7-4-3-6-12(13)14/h3-4,6-7,9-10,15H,5,8,11H2,1-2H3. The maximum atomic E-state index is 12.9. The predicted octanol–water partition coefficient (Wildman–Crippen LogP) is 5.50. The number of ketones is 1. The van der Waals surface area contributed by atoms with Crippen LogP contribution >= 0.6 is 11.6 Å². The molecule has 0 spiro atoms. The van der Waals surface area contributed by atoms with E-state index in [9.17, 15) is 4.79 Å². The molecule has 0 heterocycles. The van der Waals surface area contributed by atoms with Crippen molar-refractivity contribution in [2.75, 3.05) is 0 Å². The second-order valence-electron chi connectivity index (χ2n) is 6.44. The third kappa shape index (κ3) is 2.14. The van der Waals surface area contributed by atoms with E-state index in [0.717, 1.165) is 35.6 Å². The molecule has 2 heteroatoms. The lowest BCUT2D eigenvalue weighted by molar-refractivity contribution is 0.0841. The van der Waals surface area contributed by atoms with Crippen LogP contribution in [0.25, 0.3) is 10.8 Å². The molecule has 104 valence electrons. The molecule has 2 aromatic rings. The number of carbonyl (C=O) groups excluding carboxylic acids is 1. The van der Waals surface area contributed by atoms with Crippen LogP contribution in [-0.4, -0.2) is 5.78 Å². The van der Waals surface area contributed by atoms with Crippen molar-refractivity contribution in [3.63, 3.8) is 0 Å². The topological polar surface area (TPSA) is 17.1 Å². The van der Waals surface area contributed by atoms with Gasteiger partial charge in [0.2, 0.25) is 0 Å². The number of hydrogen-bond acceptors (Lipinski definition) is 1. The van der Waals surface area contributed by atoms with E-state index >= 15 is 0 Å². The van der Waals surface area contributed by atoms with Crippen molar-refractivity contribution in [3.05, 3.63) is 47.0 Å². The molecule has 1 nitrogen and oxygen atoms in total. The van der Waals surface area contributed by atoms with E-state index in [2.05, 4.69) is 13.8 Å². The van der Waals surface area contributed by atoms with Crippen LogP contribution in [0.5, 0.6) is 0 Å². The van der Waals surface area contributed by atoms with Crippen LogP contribution in [-0.2, 0) is 0 Å². The van der Waals surface area contributed by atoms with Gasteiger partial charge in [0.25, 0.3) is 0 Å². The molecule has 1 atom stereocenters. The zero-order valence-electron chi connectivity index (χ0n) is 11.9. The molecule has 0 bridgehead atoms. The molecule has 1 saturated carbocycles. The first-order valence-electron chi connectivity index (χ1n) is 7.22. The van der Waals surface area contributed by atoms with Gasteiger partial charge in [-0.3, -0.25) is 4.79 Å². The van der Waals surface area contributed by atoms with Crippen LogP contribution in [0.2, 0.25) is 5.02 Å². The largest absolute Gasteiger partial charge is 0.294 e. The number of halogens is 1. The Kier molecular flexibility index (Phi) is 3.33. The molecule has 0 amide bonds. The van der Waals surface area contributed by atoms with E-state index in [1.54, 1.807) is 0 Å². The van der Waals surface area contributed by atoms with Gasteiger partial charge in [-0.05, 0) is 35.8 Å². The third-order valence-electron chi connectivity index (χ3n) is 4.71. The molecule has 3 rings (SSSR count). The van der Waals surface area contributed by atoms with Crippen molar-refractivity contribution in [1.29, 1.82) is 0 Å². The zero-order valence-corrected chi connectivity index (χ0v) is 12.7. The first-order valence-corrected chi connectivity index (χ1v) is 7.60. The summed E-state index contributed by atoms with van der Waals surface area (Å²) in [7, 11) is 0. The minimum absolute atomic E-state index is 0.109. The molecule has 1 aliphatic rings. The van der Waals surface area contributed by atoms with Crippen molar-refractivity contribution in [3.8, 4) is 0 Å². The Bertz CT molecular complexity index is 672. The lowest BCUT2D eigenvalue weighted by Gasteiger charge is -2.26. The fraction of sp³-hybridized carbons (Fsp3) is 0.389. The van der Waals surface area contributed by atoms with Gasteiger partial charge >= 0.3 is 0 Å². The molecular weight excluding hydrogens is 268 g/mol. The smallest absolute Gasteiger partial charge is 0.167 e. The number of fused-ring (bicyclic) bond motifs is 1. The highest BCUT2D eigenvalue weighted by atomic mass is 35.5. The summed E-state index contributed by atoms with van der Waals surface area (Å²) in [5.74, 6) is 0.410. The summed E-state index contributed by atoms with van der Waals surface area (Å²) in [5.41, 5.74) is 0.933. The van der Waals surface area contributed by atoms with Gasteiger partial charge in [0, 0.05) is 21.9 Å². The summed E-state index contributed by atoms with van der Waals surface area (Å²) in [4.78, 5) is 12.9. The molecule has 1 fully saturated rings. The van der Waals surface area contributed by atoms with Crippen molar-refractivity contribution >= 4 is 28.2 Å². The number of carbonyl (C=O) groups is 1. The summed E-state index contributed by atoms with van der Waals surface area (Å²) in [6.07, 6.45) is 3.28. The van der Waals surface area contributed by atoms with Crippen LogP contribution < -0.4 is 0 Å². The maximum Gasteiger partial charge on any atom is 0.167 e. The zero-order chi connectivity index (χ0) is 14.3. The average molecular weight is 287 g/mol. The maximum absolute atomic E-state index is 12.9. The highest BCUT2D eigenvalue weighted by Gasteiger charge is 2.39. The van der Waals surface area contributed by atoms with E-state index in [4.69, 9.17) is 11.6 Å². The molecule has 20 heavy (non-hydrogen) atoms. The number of rotatable bonds is 2. The molecule has 0 aromatic heterocycles. The Morgan fingerprint density at radius 3 is 2.50 bits per heavy atom. The molecule has 1 aliphatic carbocycles. The molecule has 0 N–H and O–H groups in total. The van der Waals surface area contributed by atoms with Gasteiger partial charge in [-0.15, -0.1) is 0 Å². The summed E-state index contributed by atoms with van der Waals surface area (Å²) in [6.45, 7) is 4.42. The van der Waals surface area contributed by atoms with Gasteiger partial charge in [-0.25, -0.2) is 0 Å². The van der Waals surface area contributed by atoms with Crippen LogP contribution in [0.4, 0.5) is 0 Å². The number of Topliss-reactive ketones (excluding diaryl/α,β-unsaturated/α-hetero) is 1. The van der Waals surface area contributed by atoms with Crippen molar-refractivity contribution in [1.82, 2.24) is 0 Å². The van der Waals surface area contributed by atoms with Gasteiger partial charge < -0.3 is 0 Å². The SMILES string of the molecule is CC1(C)CCCC1C(=O)c1ccc(Cl)c2ccccc12. The summed E-state index contributed by atoms with van der Waals surface area (Å²) in [5, 5.41) is 2.66. The lowest BCUT2D eigenvalue weighted by Crippen LogP contribution is -2.26. The quantitative estimate of drug-likeness (QED) is 0.666. The first-order chi connectivity index (χ1) is 9.50. The fourth-order valence-electron chi connectivity index (χ4n) is 3.48. The Morgan fingerprint density at radius 2 is 1.85 bits per heavy atom. The van der Waals surface area contributed by atoms with Crippen LogP contribution in [0.3, 0.4) is 0 Å². The van der Waals surface area contributed by atoms with Gasteiger partial charge in [0.05, 0.1) is 0 Å². The minimum atomic E-state index is 0.109. The summed E-state index contributed by atoms with van der Waals surface area (Å²) < 4.78 is 0. The van der Waals surface area contributed by atoms with Crippen molar-refractivity contribution in [2.24, 2.45) is 11.3 Å². The molecule has 0 radical (unpaired) electrons. The monoisotopic (exact) mass is 286 g/mol. The second-order valence-corrected chi connectivity index (χ2v) is 6.85. The number of hydrogen-bond donors (Lipinski definition) is 0. The van der Waals surface area contributed by atoms with E-state index in [-0.39, 0.29) is 17.1 Å². The molecular formula is C18H19ClO. The van der Waals surface area contributed by atoms with Gasteiger partial charge in [0.1, 0.15) is 0 Å². The first kappa shape index (κ1) is 13.6. The van der Waals surface area contributed by atoms with Gasteiger partial charge in [-0.1, -0.05) is 56.1 Å². The normalized spacial score (nSPS) is 21.2. The lowest BCUT2D eigenvalue weighted by atomic mass is 9.77. The van der Waals surface area contributed by atoms with Gasteiger partial charge in [0.15, 0.2) is 5.78 Å². The van der Waals surface area contributed by atoms with E-state index < -0.39 is 0 Å². The van der Waals surface area contributed by atoms with E-state index in [1.165, 1.54) is 0 Å². The van der Waals surface area contributed by atoms with Crippen molar-refractivity contribution < 1.29 is 4.79 Å². The van der Waals surface area contributed by atoms with Gasteiger partial charge in [-0.2, -0.15) is 0 Å². The highest BCUT2D eigenvalue weighted by molar-refractivity contribution is 6.36. The molecule has 0 aliphatic heterocycles.